The average molecular weight is 242 g/mol. The second kappa shape index (κ2) is 5.85. The zero-order valence-corrected chi connectivity index (χ0v) is 11.6. The zero-order valence-electron chi connectivity index (χ0n) is 11.6. The summed E-state index contributed by atoms with van der Waals surface area (Å²) in [7, 11) is 0. The van der Waals surface area contributed by atoms with Crippen molar-refractivity contribution in [3.8, 4) is 0 Å². The number of nitrogens with zero attached hydrogens (tertiary/aromatic N) is 2. The summed E-state index contributed by atoms with van der Waals surface area (Å²) in [5.41, 5.74) is 5.15. The maximum absolute atomic E-state index is 4.43. The molecule has 0 spiro atoms. The number of aromatic nitrogens is 2. The third-order valence-corrected chi connectivity index (χ3v) is 3.30. The summed E-state index contributed by atoms with van der Waals surface area (Å²) in [6, 6.07) is 6.62. The Hall–Kier alpha value is -1.57. The van der Waals surface area contributed by atoms with Crippen molar-refractivity contribution >= 4 is 16.6 Å². The number of benzene rings is 1. The van der Waals surface area contributed by atoms with Crippen LogP contribution in [0.3, 0.4) is 0 Å². The van der Waals surface area contributed by atoms with Crippen molar-refractivity contribution in [1.82, 2.24) is 9.55 Å². The number of hydrogen-bond acceptors (Lipinski definition) is 1. The molecule has 0 saturated carbocycles. The van der Waals surface area contributed by atoms with Crippen molar-refractivity contribution in [2.24, 2.45) is 0 Å². The minimum atomic E-state index is 0.973. The molecular weight excluding hydrogens is 220 g/mol. The van der Waals surface area contributed by atoms with Crippen molar-refractivity contribution in [2.45, 2.75) is 46.6 Å². The van der Waals surface area contributed by atoms with Crippen molar-refractivity contribution in [1.29, 1.82) is 0 Å². The van der Waals surface area contributed by atoms with E-state index in [0.717, 1.165) is 24.9 Å². The third kappa shape index (κ3) is 2.47. The lowest BCUT2D eigenvalue weighted by Gasteiger charge is -2.08. The molecule has 0 aliphatic carbocycles. The molecule has 0 unspecified atom stereocenters. The third-order valence-electron chi connectivity index (χ3n) is 3.30. The van der Waals surface area contributed by atoms with Gasteiger partial charge in [0.25, 0.3) is 0 Å². The molecule has 0 bridgehead atoms. The van der Waals surface area contributed by atoms with Gasteiger partial charge in [0.1, 0.15) is 0 Å². The zero-order chi connectivity index (χ0) is 13.0. The molecule has 2 nitrogen and oxygen atoms in total. The van der Waals surface area contributed by atoms with E-state index in [1.54, 1.807) is 0 Å². The van der Waals surface area contributed by atoms with E-state index in [2.05, 4.69) is 54.6 Å². The molecule has 1 heterocycles. The Morgan fingerprint density at radius 3 is 2.78 bits per heavy atom. The van der Waals surface area contributed by atoms with E-state index >= 15 is 0 Å². The topological polar surface area (TPSA) is 17.8 Å². The summed E-state index contributed by atoms with van der Waals surface area (Å²) in [5.74, 6) is 0. The monoisotopic (exact) mass is 242 g/mol. The fraction of sp³-hybridized carbons (Fsp3) is 0.438. The van der Waals surface area contributed by atoms with Crippen molar-refractivity contribution in [3.05, 3.63) is 36.2 Å². The summed E-state index contributed by atoms with van der Waals surface area (Å²) in [4.78, 5) is 4.43. The summed E-state index contributed by atoms with van der Waals surface area (Å²) < 4.78 is 2.20. The van der Waals surface area contributed by atoms with Gasteiger partial charge < -0.3 is 4.57 Å². The van der Waals surface area contributed by atoms with E-state index in [1.165, 1.54) is 23.1 Å². The predicted octanol–water partition coefficient (Wildman–Crippen LogP) is 4.65. The summed E-state index contributed by atoms with van der Waals surface area (Å²) in [6.45, 7) is 7.56. The van der Waals surface area contributed by atoms with Crippen LogP contribution in [0, 0.1) is 0 Å². The highest BCUT2D eigenvalue weighted by Gasteiger charge is 2.05. The first-order valence-electron chi connectivity index (χ1n) is 6.94. The van der Waals surface area contributed by atoms with E-state index < -0.39 is 0 Å². The molecule has 0 atom stereocenters. The molecule has 0 aliphatic heterocycles. The van der Waals surface area contributed by atoms with Crippen LogP contribution in [-0.2, 0) is 6.54 Å². The molecule has 0 N–H and O–H groups in total. The highest BCUT2D eigenvalue weighted by atomic mass is 15.0. The minimum Gasteiger partial charge on any atom is -0.331 e. The van der Waals surface area contributed by atoms with Gasteiger partial charge >= 0.3 is 0 Å². The van der Waals surface area contributed by atoms with Crippen LogP contribution in [0.25, 0.3) is 16.6 Å². The second-order valence-electron chi connectivity index (χ2n) is 4.62. The van der Waals surface area contributed by atoms with Crippen molar-refractivity contribution < 1.29 is 0 Å². The van der Waals surface area contributed by atoms with Gasteiger partial charge in [0.15, 0.2) is 0 Å². The highest BCUT2D eigenvalue weighted by molar-refractivity contribution is 5.81. The van der Waals surface area contributed by atoms with E-state index in [1.807, 2.05) is 6.33 Å². The maximum atomic E-state index is 4.43. The van der Waals surface area contributed by atoms with Crippen LogP contribution >= 0.6 is 0 Å². The van der Waals surface area contributed by atoms with Gasteiger partial charge in [-0.2, -0.15) is 0 Å². The lowest BCUT2D eigenvalue weighted by Crippen LogP contribution is -1.92. The first-order chi connectivity index (χ1) is 8.80. The molecule has 18 heavy (non-hydrogen) atoms. The fourth-order valence-electron chi connectivity index (χ4n) is 2.39. The van der Waals surface area contributed by atoms with Crippen molar-refractivity contribution in [2.75, 3.05) is 0 Å². The smallest absolute Gasteiger partial charge is 0.0958 e. The molecule has 2 heteroatoms. The van der Waals surface area contributed by atoms with Crippen LogP contribution in [0.1, 0.15) is 45.6 Å². The molecule has 0 aliphatic rings. The van der Waals surface area contributed by atoms with Gasteiger partial charge in [-0.3, -0.25) is 0 Å². The lowest BCUT2D eigenvalue weighted by atomic mass is 10.00. The van der Waals surface area contributed by atoms with Crippen LogP contribution in [0.4, 0.5) is 0 Å². The Morgan fingerprint density at radius 2 is 2.11 bits per heavy atom. The van der Waals surface area contributed by atoms with Gasteiger partial charge in [0.05, 0.1) is 17.4 Å². The normalized spacial score (nSPS) is 12.3. The Kier molecular flexibility index (Phi) is 4.19. The number of aryl methyl sites for hydroxylation is 1. The molecule has 96 valence electrons. The second-order valence-corrected chi connectivity index (χ2v) is 4.62. The molecule has 2 aromatic rings. The Morgan fingerprint density at radius 1 is 1.28 bits per heavy atom. The lowest BCUT2D eigenvalue weighted by molar-refractivity contribution is 0.787. The summed E-state index contributed by atoms with van der Waals surface area (Å²) >= 11 is 0. The molecular formula is C16H22N2. The number of rotatable bonds is 5. The summed E-state index contributed by atoms with van der Waals surface area (Å²) in [6.07, 6.45) is 7.71. The fourth-order valence-corrected chi connectivity index (χ4v) is 2.39. The molecule has 0 radical (unpaired) electrons. The SMILES string of the molecule is CC/C=C(\CCC)c1ccc2ncn(CC)c2c1. The van der Waals surface area contributed by atoms with Gasteiger partial charge in [-0.15, -0.1) is 0 Å². The first kappa shape index (κ1) is 12.9. The molecule has 0 fully saturated rings. The highest BCUT2D eigenvalue weighted by Crippen LogP contribution is 2.24. The molecule has 2 rings (SSSR count). The summed E-state index contributed by atoms with van der Waals surface area (Å²) in [5, 5.41) is 0. The van der Waals surface area contributed by atoms with Crippen LogP contribution in [0.2, 0.25) is 0 Å². The number of allylic oxidation sites excluding steroid dienone is 2. The van der Waals surface area contributed by atoms with Crippen LogP contribution in [0.5, 0.6) is 0 Å². The minimum absolute atomic E-state index is 0.973. The van der Waals surface area contributed by atoms with E-state index in [0.29, 0.717) is 0 Å². The molecule has 1 aromatic heterocycles. The number of fused-ring (bicyclic) bond motifs is 1. The standard InChI is InChI=1S/C16H22N2/c1-4-7-13(8-5-2)14-9-10-15-16(11-14)18(6-3)12-17-15/h7,9-12H,4-6,8H2,1-3H3/b13-7+. The molecule has 0 saturated heterocycles. The van der Waals surface area contributed by atoms with Gasteiger partial charge in [0.2, 0.25) is 0 Å². The quantitative estimate of drug-likeness (QED) is 0.746. The largest absolute Gasteiger partial charge is 0.331 e. The van der Waals surface area contributed by atoms with Crippen LogP contribution < -0.4 is 0 Å². The van der Waals surface area contributed by atoms with E-state index in [9.17, 15) is 0 Å². The van der Waals surface area contributed by atoms with Crippen molar-refractivity contribution in [3.63, 3.8) is 0 Å². The van der Waals surface area contributed by atoms with Crippen LogP contribution in [-0.4, -0.2) is 9.55 Å². The Labute approximate surface area is 109 Å². The van der Waals surface area contributed by atoms with Gasteiger partial charge in [-0.05, 0) is 43.0 Å². The van der Waals surface area contributed by atoms with Gasteiger partial charge in [-0.1, -0.05) is 32.4 Å². The first-order valence-corrected chi connectivity index (χ1v) is 6.94. The average Bonchev–Trinajstić information content (AvgIpc) is 2.80. The van der Waals surface area contributed by atoms with E-state index in [-0.39, 0.29) is 0 Å². The molecule has 1 aromatic carbocycles. The van der Waals surface area contributed by atoms with E-state index in [4.69, 9.17) is 0 Å². The van der Waals surface area contributed by atoms with Crippen LogP contribution in [0.15, 0.2) is 30.6 Å². The number of imidazole rings is 1. The maximum Gasteiger partial charge on any atom is 0.0958 e. The Balaban J connectivity index is 2.47. The Bertz CT molecular complexity index is 549. The molecule has 0 amide bonds. The predicted molar refractivity (Wildman–Crippen MR) is 78.6 cm³/mol. The van der Waals surface area contributed by atoms with Gasteiger partial charge in [-0.25, -0.2) is 4.98 Å². The number of hydrogen-bond donors (Lipinski definition) is 0. The van der Waals surface area contributed by atoms with Gasteiger partial charge in [0, 0.05) is 6.54 Å².